The predicted octanol–water partition coefficient (Wildman–Crippen LogP) is 2.69. The number of nitrogens with two attached hydrogens (primary N) is 1. The second-order valence-electron chi connectivity index (χ2n) is 3.91. The lowest BCUT2D eigenvalue weighted by atomic mass is 10.1. The third kappa shape index (κ3) is 3.63. The van der Waals surface area contributed by atoms with Gasteiger partial charge in [0, 0.05) is 16.3 Å². The maximum Gasteiger partial charge on any atom is 0.173 e. The Morgan fingerprint density at radius 3 is 2.82 bits per heavy atom. The standard InChI is InChI=1S/C12H19N3OS/c1-4-5-6-17-10-7-8(2)14-9(3)11(10)12(13)15-16/h7,16H,4-6H2,1-3H3,(H2,13,15). The Kier molecular flexibility index (Phi) is 5.28. The van der Waals surface area contributed by atoms with E-state index in [1.165, 1.54) is 0 Å². The van der Waals surface area contributed by atoms with Crippen molar-refractivity contribution in [3.63, 3.8) is 0 Å². The summed E-state index contributed by atoms with van der Waals surface area (Å²) in [7, 11) is 0. The van der Waals surface area contributed by atoms with Crippen molar-refractivity contribution < 1.29 is 5.21 Å². The van der Waals surface area contributed by atoms with Crippen LogP contribution in [0.1, 0.15) is 36.7 Å². The third-order valence-corrected chi connectivity index (χ3v) is 3.54. The molecule has 0 unspecified atom stereocenters. The molecular weight excluding hydrogens is 234 g/mol. The first kappa shape index (κ1) is 13.8. The van der Waals surface area contributed by atoms with E-state index in [4.69, 9.17) is 10.9 Å². The Hall–Kier alpha value is -1.23. The fourth-order valence-corrected chi connectivity index (χ4v) is 2.90. The summed E-state index contributed by atoms with van der Waals surface area (Å²) >= 11 is 1.73. The van der Waals surface area contributed by atoms with E-state index in [0.29, 0.717) is 0 Å². The minimum atomic E-state index is 0.133. The molecule has 0 aliphatic carbocycles. The number of amidine groups is 1. The largest absolute Gasteiger partial charge is 0.409 e. The first-order valence-electron chi connectivity index (χ1n) is 5.69. The molecule has 0 amide bonds. The van der Waals surface area contributed by atoms with Gasteiger partial charge < -0.3 is 10.9 Å². The molecule has 0 radical (unpaired) electrons. The smallest absolute Gasteiger partial charge is 0.173 e. The maximum absolute atomic E-state index is 8.80. The number of thioether (sulfide) groups is 1. The zero-order valence-corrected chi connectivity index (χ0v) is 11.3. The molecule has 0 saturated heterocycles. The molecule has 3 N–H and O–H groups in total. The second-order valence-corrected chi connectivity index (χ2v) is 5.05. The summed E-state index contributed by atoms with van der Waals surface area (Å²) in [5.74, 6) is 1.17. The van der Waals surface area contributed by atoms with Gasteiger partial charge in [-0.05, 0) is 32.1 Å². The van der Waals surface area contributed by atoms with Crippen molar-refractivity contribution in [1.29, 1.82) is 0 Å². The van der Waals surface area contributed by atoms with Gasteiger partial charge in [-0.15, -0.1) is 11.8 Å². The predicted molar refractivity (Wildman–Crippen MR) is 71.9 cm³/mol. The summed E-state index contributed by atoms with van der Waals surface area (Å²) in [5, 5.41) is 11.9. The van der Waals surface area contributed by atoms with Gasteiger partial charge in [-0.25, -0.2) is 0 Å². The number of unbranched alkanes of at least 4 members (excludes halogenated alkanes) is 1. The number of hydrogen-bond acceptors (Lipinski definition) is 4. The van der Waals surface area contributed by atoms with Crippen molar-refractivity contribution in [1.82, 2.24) is 4.98 Å². The van der Waals surface area contributed by atoms with E-state index in [1.54, 1.807) is 11.8 Å². The molecule has 0 aliphatic heterocycles. The van der Waals surface area contributed by atoms with E-state index in [0.717, 1.165) is 40.4 Å². The zero-order chi connectivity index (χ0) is 12.8. The molecule has 0 aromatic carbocycles. The van der Waals surface area contributed by atoms with E-state index >= 15 is 0 Å². The molecule has 0 fully saturated rings. The quantitative estimate of drug-likeness (QED) is 0.211. The van der Waals surface area contributed by atoms with Crippen molar-refractivity contribution in [2.75, 3.05) is 5.75 Å². The SMILES string of the molecule is CCCCSc1cc(C)nc(C)c1/C(N)=N/O. The Labute approximate surface area is 106 Å². The van der Waals surface area contributed by atoms with Gasteiger partial charge >= 0.3 is 0 Å². The zero-order valence-electron chi connectivity index (χ0n) is 10.5. The topological polar surface area (TPSA) is 71.5 Å². The molecule has 94 valence electrons. The molecule has 1 rings (SSSR count). The van der Waals surface area contributed by atoms with Crippen molar-refractivity contribution in [2.45, 2.75) is 38.5 Å². The number of oxime groups is 1. The molecular formula is C12H19N3OS. The maximum atomic E-state index is 8.80. The van der Waals surface area contributed by atoms with Gasteiger partial charge in [-0.2, -0.15) is 0 Å². The highest BCUT2D eigenvalue weighted by molar-refractivity contribution is 7.99. The van der Waals surface area contributed by atoms with E-state index in [-0.39, 0.29) is 5.84 Å². The number of nitrogens with zero attached hydrogens (tertiary/aromatic N) is 2. The van der Waals surface area contributed by atoms with E-state index in [1.807, 2.05) is 19.9 Å². The summed E-state index contributed by atoms with van der Waals surface area (Å²) in [6.45, 7) is 5.99. The third-order valence-electron chi connectivity index (χ3n) is 2.41. The summed E-state index contributed by atoms with van der Waals surface area (Å²) in [4.78, 5) is 5.39. The Morgan fingerprint density at radius 1 is 1.53 bits per heavy atom. The average Bonchev–Trinajstić information content (AvgIpc) is 2.28. The molecule has 1 aromatic rings. The highest BCUT2D eigenvalue weighted by Gasteiger charge is 2.12. The lowest BCUT2D eigenvalue weighted by Gasteiger charge is -2.11. The van der Waals surface area contributed by atoms with E-state index in [9.17, 15) is 0 Å². The van der Waals surface area contributed by atoms with Crippen LogP contribution in [0.2, 0.25) is 0 Å². The van der Waals surface area contributed by atoms with Crippen LogP contribution in [-0.4, -0.2) is 21.8 Å². The lowest BCUT2D eigenvalue weighted by molar-refractivity contribution is 0.318. The van der Waals surface area contributed by atoms with Gasteiger partial charge in [0.05, 0.1) is 5.56 Å². The molecule has 0 aliphatic rings. The monoisotopic (exact) mass is 253 g/mol. The summed E-state index contributed by atoms with van der Waals surface area (Å²) in [6, 6.07) is 1.99. The van der Waals surface area contributed by atoms with Crippen molar-refractivity contribution in [2.24, 2.45) is 10.9 Å². The summed E-state index contributed by atoms with van der Waals surface area (Å²) in [5.41, 5.74) is 8.21. The van der Waals surface area contributed by atoms with Gasteiger partial charge in [-0.3, -0.25) is 4.98 Å². The van der Waals surface area contributed by atoms with Crippen LogP contribution < -0.4 is 5.73 Å². The molecule has 17 heavy (non-hydrogen) atoms. The van der Waals surface area contributed by atoms with Crippen LogP contribution >= 0.6 is 11.8 Å². The number of pyridine rings is 1. The molecule has 1 heterocycles. The summed E-state index contributed by atoms with van der Waals surface area (Å²) < 4.78 is 0. The van der Waals surface area contributed by atoms with Gasteiger partial charge in [-0.1, -0.05) is 18.5 Å². The Morgan fingerprint density at radius 2 is 2.24 bits per heavy atom. The Bertz CT molecular complexity index is 418. The van der Waals surface area contributed by atoms with Crippen LogP contribution in [0.25, 0.3) is 0 Å². The van der Waals surface area contributed by atoms with Gasteiger partial charge in [0.2, 0.25) is 0 Å². The molecule has 0 bridgehead atoms. The van der Waals surface area contributed by atoms with Crippen LogP contribution in [0.4, 0.5) is 0 Å². The fraction of sp³-hybridized carbons (Fsp3) is 0.500. The van der Waals surface area contributed by atoms with Gasteiger partial charge in [0.15, 0.2) is 5.84 Å². The molecule has 0 saturated carbocycles. The number of aromatic nitrogens is 1. The van der Waals surface area contributed by atoms with Crippen molar-refractivity contribution in [3.8, 4) is 0 Å². The number of hydrogen-bond donors (Lipinski definition) is 2. The first-order chi connectivity index (χ1) is 8.10. The highest BCUT2D eigenvalue weighted by atomic mass is 32.2. The molecule has 0 atom stereocenters. The van der Waals surface area contributed by atoms with Crippen LogP contribution in [0.15, 0.2) is 16.1 Å². The number of aryl methyl sites for hydroxylation is 2. The average molecular weight is 253 g/mol. The normalized spacial score (nSPS) is 11.8. The minimum Gasteiger partial charge on any atom is -0.409 e. The lowest BCUT2D eigenvalue weighted by Crippen LogP contribution is -2.17. The van der Waals surface area contributed by atoms with Crippen molar-refractivity contribution in [3.05, 3.63) is 23.0 Å². The van der Waals surface area contributed by atoms with Crippen LogP contribution in [-0.2, 0) is 0 Å². The second kappa shape index (κ2) is 6.49. The molecule has 5 heteroatoms. The molecule has 0 spiro atoms. The summed E-state index contributed by atoms with van der Waals surface area (Å²) in [6.07, 6.45) is 2.32. The molecule has 4 nitrogen and oxygen atoms in total. The van der Waals surface area contributed by atoms with Crippen LogP contribution in [0.5, 0.6) is 0 Å². The minimum absolute atomic E-state index is 0.133. The highest BCUT2D eigenvalue weighted by Crippen LogP contribution is 2.26. The van der Waals surface area contributed by atoms with Gasteiger partial charge in [0.1, 0.15) is 0 Å². The fourth-order valence-electron chi connectivity index (χ4n) is 1.59. The van der Waals surface area contributed by atoms with Crippen LogP contribution in [0, 0.1) is 13.8 Å². The number of rotatable bonds is 5. The van der Waals surface area contributed by atoms with E-state index < -0.39 is 0 Å². The molecule has 1 aromatic heterocycles. The first-order valence-corrected chi connectivity index (χ1v) is 6.67. The van der Waals surface area contributed by atoms with E-state index in [2.05, 4.69) is 17.1 Å². The Balaban J connectivity index is 3.07. The van der Waals surface area contributed by atoms with Crippen molar-refractivity contribution >= 4 is 17.6 Å². The van der Waals surface area contributed by atoms with Crippen LogP contribution in [0.3, 0.4) is 0 Å². The van der Waals surface area contributed by atoms with Gasteiger partial charge in [0.25, 0.3) is 0 Å².